The van der Waals surface area contributed by atoms with Gasteiger partial charge in [-0.1, -0.05) is 0 Å². The van der Waals surface area contributed by atoms with Gasteiger partial charge in [-0.15, -0.1) is 0 Å². The van der Waals surface area contributed by atoms with Gasteiger partial charge in [0, 0.05) is 0 Å². The molecule has 1 heterocycles. The SMILES string of the molecule is OC1CC2CCNCC2CC1O. The molecule has 1 saturated carbocycles. The van der Waals surface area contributed by atoms with Crippen molar-refractivity contribution >= 4 is 0 Å². The summed E-state index contributed by atoms with van der Waals surface area (Å²) in [6.45, 7) is 2.10. The highest BCUT2D eigenvalue weighted by molar-refractivity contribution is 4.89. The first-order valence-corrected chi connectivity index (χ1v) is 4.84. The molecular formula is C9H17NO2. The molecule has 0 aromatic rings. The van der Waals surface area contributed by atoms with Gasteiger partial charge in [-0.25, -0.2) is 0 Å². The summed E-state index contributed by atoms with van der Waals surface area (Å²) in [6, 6.07) is 0. The Kier molecular flexibility index (Phi) is 2.35. The standard InChI is InChI=1S/C9H17NO2/c11-8-3-6-1-2-10-5-7(6)4-9(8)12/h6-12H,1-5H2. The van der Waals surface area contributed by atoms with Crippen LogP contribution >= 0.6 is 0 Å². The van der Waals surface area contributed by atoms with Crippen molar-refractivity contribution in [2.45, 2.75) is 31.5 Å². The van der Waals surface area contributed by atoms with E-state index in [9.17, 15) is 10.2 Å². The van der Waals surface area contributed by atoms with Crippen molar-refractivity contribution in [2.75, 3.05) is 13.1 Å². The van der Waals surface area contributed by atoms with Gasteiger partial charge in [0.15, 0.2) is 0 Å². The number of aliphatic hydroxyl groups excluding tert-OH is 2. The quantitative estimate of drug-likeness (QED) is 0.470. The summed E-state index contributed by atoms with van der Waals surface area (Å²) >= 11 is 0. The van der Waals surface area contributed by atoms with E-state index in [4.69, 9.17) is 0 Å². The summed E-state index contributed by atoms with van der Waals surface area (Å²) in [4.78, 5) is 0. The second-order valence-corrected chi connectivity index (χ2v) is 4.12. The zero-order valence-corrected chi connectivity index (χ0v) is 7.24. The predicted octanol–water partition coefficient (Wildman–Crippen LogP) is -0.272. The molecule has 0 aromatic heterocycles. The van der Waals surface area contributed by atoms with Crippen LogP contribution in [0.1, 0.15) is 19.3 Å². The molecule has 3 N–H and O–H groups in total. The lowest BCUT2D eigenvalue weighted by atomic mass is 9.73. The van der Waals surface area contributed by atoms with Gasteiger partial charge in [0.2, 0.25) is 0 Å². The molecule has 1 aliphatic carbocycles. The Morgan fingerprint density at radius 1 is 1.00 bits per heavy atom. The number of piperidine rings is 1. The van der Waals surface area contributed by atoms with Crippen molar-refractivity contribution in [3.63, 3.8) is 0 Å². The van der Waals surface area contributed by atoms with E-state index < -0.39 is 12.2 Å². The lowest BCUT2D eigenvalue weighted by Crippen LogP contribution is -2.46. The fourth-order valence-corrected chi connectivity index (χ4v) is 2.50. The largest absolute Gasteiger partial charge is 0.390 e. The Morgan fingerprint density at radius 2 is 1.67 bits per heavy atom. The molecule has 4 atom stereocenters. The molecule has 3 heteroatoms. The number of aliphatic hydroxyl groups is 2. The van der Waals surface area contributed by atoms with E-state index >= 15 is 0 Å². The molecule has 70 valence electrons. The van der Waals surface area contributed by atoms with E-state index in [2.05, 4.69) is 5.32 Å². The smallest absolute Gasteiger partial charge is 0.0802 e. The van der Waals surface area contributed by atoms with Gasteiger partial charge in [-0.3, -0.25) is 0 Å². The molecule has 2 rings (SSSR count). The van der Waals surface area contributed by atoms with E-state index in [0.29, 0.717) is 11.8 Å². The van der Waals surface area contributed by atoms with E-state index in [-0.39, 0.29) is 0 Å². The van der Waals surface area contributed by atoms with Crippen LogP contribution in [0.3, 0.4) is 0 Å². The third-order valence-corrected chi connectivity index (χ3v) is 3.30. The van der Waals surface area contributed by atoms with Crippen LogP contribution in [0.5, 0.6) is 0 Å². The van der Waals surface area contributed by atoms with E-state index in [1.165, 1.54) is 0 Å². The van der Waals surface area contributed by atoms with Crippen LogP contribution < -0.4 is 5.32 Å². The topological polar surface area (TPSA) is 52.5 Å². The second-order valence-electron chi connectivity index (χ2n) is 4.12. The first-order chi connectivity index (χ1) is 5.77. The van der Waals surface area contributed by atoms with Gasteiger partial charge < -0.3 is 15.5 Å². The molecule has 0 amide bonds. The average molecular weight is 171 g/mol. The fraction of sp³-hybridized carbons (Fsp3) is 1.00. The molecular weight excluding hydrogens is 154 g/mol. The minimum absolute atomic E-state index is 0.468. The number of rotatable bonds is 0. The van der Waals surface area contributed by atoms with Crippen molar-refractivity contribution in [2.24, 2.45) is 11.8 Å². The zero-order valence-electron chi connectivity index (χ0n) is 7.24. The van der Waals surface area contributed by atoms with Gasteiger partial charge in [-0.05, 0) is 44.2 Å². The monoisotopic (exact) mass is 171 g/mol. The maximum atomic E-state index is 9.45. The summed E-state index contributed by atoms with van der Waals surface area (Å²) in [5.41, 5.74) is 0. The van der Waals surface area contributed by atoms with Crippen LogP contribution in [-0.2, 0) is 0 Å². The average Bonchev–Trinajstić information content (AvgIpc) is 2.07. The molecule has 2 aliphatic rings. The predicted molar refractivity (Wildman–Crippen MR) is 45.7 cm³/mol. The van der Waals surface area contributed by atoms with Gasteiger partial charge >= 0.3 is 0 Å². The van der Waals surface area contributed by atoms with Gasteiger partial charge in [0.1, 0.15) is 0 Å². The maximum Gasteiger partial charge on any atom is 0.0802 e. The molecule has 0 spiro atoms. The third kappa shape index (κ3) is 1.49. The number of hydrogen-bond donors (Lipinski definition) is 3. The molecule has 0 aromatic carbocycles. The van der Waals surface area contributed by atoms with Crippen molar-refractivity contribution < 1.29 is 10.2 Å². The van der Waals surface area contributed by atoms with Gasteiger partial charge in [0.25, 0.3) is 0 Å². The van der Waals surface area contributed by atoms with Crippen LogP contribution in [0.2, 0.25) is 0 Å². The summed E-state index contributed by atoms with van der Waals surface area (Å²) in [6.07, 6.45) is 1.79. The van der Waals surface area contributed by atoms with Crippen molar-refractivity contribution in [3.8, 4) is 0 Å². The lowest BCUT2D eigenvalue weighted by molar-refractivity contribution is -0.0533. The third-order valence-electron chi connectivity index (χ3n) is 3.30. The summed E-state index contributed by atoms with van der Waals surface area (Å²) in [5.74, 6) is 1.24. The summed E-state index contributed by atoms with van der Waals surface area (Å²) in [5, 5.41) is 22.2. The second kappa shape index (κ2) is 3.32. The Bertz CT molecular complexity index is 145. The molecule has 0 bridgehead atoms. The fourth-order valence-electron chi connectivity index (χ4n) is 2.50. The lowest BCUT2D eigenvalue weighted by Gasteiger charge is -2.40. The highest BCUT2D eigenvalue weighted by Gasteiger charge is 2.36. The van der Waals surface area contributed by atoms with Crippen LogP contribution in [0, 0.1) is 11.8 Å². The van der Waals surface area contributed by atoms with Crippen LogP contribution in [0.15, 0.2) is 0 Å². The van der Waals surface area contributed by atoms with E-state index in [0.717, 1.165) is 32.4 Å². The minimum Gasteiger partial charge on any atom is -0.390 e. The number of fused-ring (bicyclic) bond motifs is 1. The minimum atomic E-state index is -0.480. The number of nitrogens with one attached hydrogen (secondary N) is 1. The molecule has 1 saturated heterocycles. The molecule has 1 aliphatic heterocycles. The molecule has 0 radical (unpaired) electrons. The highest BCUT2D eigenvalue weighted by atomic mass is 16.3. The first-order valence-electron chi connectivity index (χ1n) is 4.84. The van der Waals surface area contributed by atoms with Crippen molar-refractivity contribution in [1.82, 2.24) is 5.32 Å². The van der Waals surface area contributed by atoms with Gasteiger partial charge in [-0.2, -0.15) is 0 Å². The Morgan fingerprint density at radius 3 is 2.42 bits per heavy atom. The maximum absolute atomic E-state index is 9.45. The molecule has 12 heavy (non-hydrogen) atoms. The molecule has 2 fully saturated rings. The zero-order chi connectivity index (χ0) is 8.55. The molecule has 4 unspecified atom stereocenters. The van der Waals surface area contributed by atoms with Crippen LogP contribution in [0.4, 0.5) is 0 Å². The molecule has 3 nitrogen and oxygen atoms in total. The number of hydrogen-bond acceptors (Lipinski definition) is 3. The van der Waals surface area contributed by atoms with E-state index in [1.807, 2.05) is 0 Å². The summed E-state index contributed by atoms with van der Waals surface area (Å²) < 4.78 is 0. The normalized spacial score (nSPS) is 48.5. The highest BCUT2D eigenvalue weighted by Crippen LogP contribution is 2.33. The summed E-state index contributed by atoms with van der Waals surface area (Å²) in [7, 11) is 0. The van der Waals surface area contributed by atoms with Crippen LogP contribution in [-0.4, -0.2) is 35.5 Å². The Balaban J connectivity index is 1.98. The van der Waals surface area contributed by atoms with Crippen molar-refractivity contribution in [1.29, 1.82) is 0 Å². The van der Waals surface area contributed by atoms with Gasteiger partial charge in [0.05, 0.1) is 12.2 Å². The van der Waals surface area contributed by atoms with Crippen molar-refractivity contribution in [3.05, 3.63) is 0 Å². The Hall–Kier alpha value is -0.120. The van der Waals surface area contributed by atoms with Crippen LogP contribution in [0.25, 0.3) is 0 Å². The van der Waals surface area contributed by atoms with E-state index in [1.54, 1.807) is 0 Å². The first kappa shape index (κ1) is 8.48. The Labute approximate surface area is 72.8 Å².